The summed E-state index contributed by atoms with van der Waals surface area (Å²) in [5, 5.41) is 12.4. The van der Waals surface area contributed by atoms with Crippen molar-refractivity contribution >= 4 is 6.08 Å². The van der Waals surface area contributed by atoms with E-state index in [-0.39, 0.29) is 5.75 Å². The minimum atomic E-state index is 0.144. The minimum absolute atomic E-state index is 0.144. The molecule has 0 saturated carbocycles. The predicted molar refractivity (Wildman–Crippen MR) is 65.4 cm³/mol. The first-order chi connectivity index (χ1) is 7.77. The lowest BCUT2D eigenvalue weighted by Crippen LogP contribution is -2.12. The molecule has 0 bridgehead atoms. The smallest absolute Gasteiger partial charge is 0.161 e. The summed E-state index contributed by atoms with van der Waals surface area (Å²) in [6.07, 6.45) is 8.99. The average molecular weight is 217 g/mol. The monoisotopic (exact) mass is 217 g/mol. The van der Waals surface area contributed by atoms with Gasteiger partial charge in [0, 0.05) is 6.54 Å². The third-order valence-corrected chi connectivity index (χ3v) is 2.00. The minimum Gasteiger partial charge on any atom is -0.504 e. The number of benzene rings is 1. The van der Waals surface area contributed by atoms with Gasteiger partial charge in [-0.05, 0) is 17.7 Å². The Hall–Kier alpha value is -1.92. The number of phenolic OH excluding ortho intramolecular Hbond substituents is 1. The first-order valence-electron chi connectivity index (χ1n) is 4.95. The number of rotatable bonds is 5. The van der Waals surface area contributed by atoms with Crippen molar-refractivity contribution in [3.8, 4) is 23.8 Å². The summed E-state index contributed by atoms with van der Waals surface area (Å²) < 4.78 is 5.00. The highest BCUT2D eigenvalue weighted by molar-refractivity contribution is 5.55. The fourth-order valence-corrected chi connectivity index (χ4v) is 1.22. The number of terminal acetylenes is 1. The Kier molecular flexibility index (Phi) is 4.97. The molecule has 0 aliphatic carbocycles. The van der Waals surface area contributed by atoms with Crippen LogP contribution >= 0.6 is 0 Å². The second-order valence-corrected chi connectivity index (χ2v) is 3.17. The summed E-state index contributed by atoms with van der Waals surface area (Å²) >= 11 is 0. The van der Waals surface area contributed by atoms with Crippen LogP contribution in [-0.2, 0) is 0 Å². The first kappa shape index (κ1) is 12.2. The molecule has 0 radical (unpaired) electrons. The van der Waals surface area contributed by atoms with Gasteiger partial charge < -0.3 is 15.2 Å². The summed E-state index contributed by atoms with van der Waals surface area (Å²) in [5.74, 6) is 3.11. The highest BCUT2D eigenvalue weighted by Crippen LogP contribution is 2.26. The van der Waals surface area contributed by atoms with Crippen LogP contribution in [0, 0.1) is 12.3 Å². The van der Waals surface area contributed by atoms with Gasteiger partial charge in [-0.3, -0.25) is 0 Å². The summed E-state index contributed by atoms with van der Waals surface area (Å²) in [5.41, 5.74) is 0.970. The second kappa shape index (κ2) is 6.54. The molecule has 0 atom stereocenters. The summed E-state index contributed by atoms with van der Waals surface area (Å²) in [6, 6.07) is 5.19. The molecule has 0 spiro atoms. The average Bonchev–Trinajstić information content (AvgIpc) is 2.31. The van der Waals surface area contributed by atoms with Crippen LogP contribution in [0.1, 0.15) is 5.56 Å². The number of hydrogen-bond donors (Lipinski definition) is 2. The number of ether oxygens (including phenoxy) is 1. The molecule has 0 heterocycles. The van der Waals surface area contributed by atoms with Gasteiger partial charge in [0.1, 0.15) is 0 Å². The zero-order valence-corrected chi connectivity index (χ0v) is 9.23. The maximum atomic E-state index is 9.39. The molecule has 84 valence electrons. The van der Waals surface area contributed by atoms with Gasteiger partial charge in [-0.1, -0.05) is 24.1 Å². The van der Waals surface area contributed by atoms with E-state index in [4.69, 9.17) is 11.2 Å². The third-order valence-electron chi connectivity index (χ3n) is 2.00. The van der Waals surface area contributed by atoms with Gasteiger partial charge in [-0.25, -0.2) is 0 Å². The molecule has 0 saturated heterocycles. The summed E-state index contributed by atoms with van der Waals surface area (Å²) in [6.45, 7) is 1.27. The quantitative estimate of drug-likeness (QED) is 0.582. The highest BCUT2D eigenvalue weighted by Gasteiger charge is 1.99. The molecule has 3 heteroatoms. The van der Waals surface area contributed by atoms with Crippen molar-refractivity contribution in [2.75, 3.05) is 20.2 Å². The lowest BCUT2D eigenvalue weighted by molar-refractivity contribution is 0.373. The Labute approximate surface area is 95.8 Å². The fourth-order valence-electron chi connectivity index (χ4n) is 1.22. The SMILES string of the molecule is C#CCNC/C=C/c1ccc(O)c(OC)c1. The molecule has 1 aromatic rings. The zero-order valence-electron chi connectivity index (χ0n) is 9.23. The van der Waals surface area contributed by atoms with Crippen LogP contribution in [0.25, 0.3) is 6.08 Å². The Bertz CT molecular complexity index is 405. The molecule has 0 aliphatic heterocycles. The normalized spacial score (nSPS) is 10.2. The van der Waals surface area contributed by atoms with Gasteiger partial charge in [-0.15, -0.1) is 6.42 Å². The van der Waals surface area contributed by atoms with E-state index in [1.54, 1.807) is 12.1 Å². The molecule has 0 unspecified atom stereocenters. The summed E-state index contributed by atoms with van der Waals surface area (Å²) in [4.78, 5) is 0. The lowest BCUT2D eigenvalue weighted by Gasteiger charge is -2.03. The van der Waals surface area contributed by atoms with E-state index in [9.17, 15) is 5.11 Å². The van der Waals surface area contributed by atoms with Crippen LogP contribution in [-0.4, -0.2) is 25.3 Å². The van der Waals surface area contributed by atoms with Crippen LogP contribution in [0.15, 0.2) is 24.3 Å². The van der Waals surface area contributed by atoms with Crippen LogP contribution in [0.4, 0.5) is 0 Å². The highest BCUT2D eigenvalue weighted by atomic mass is 16.5. The lowest BCUT2D eigenvalue weighted by atomic mass is 10.2. The van der Waals surface area contributed by atoms with E-state index in [2.05, 4.69) is 11.2 Å². The molecule has 0 aromatic heterocycles. The van der Waals surface area contributed by atoms with E-state index in [0.29, 0.717) is 18.8 Å². The van der Waals surface area contributed by atoms with Gasteiger partial charge in [0.2, 0.25) is 0 Å². The van der Waals surface area contributed by atoms with Crippen molar-refractivity contribution in [1.82, 2.24) is 5.32 Å². The number of phenols is 1. The molecular formula is C13H15NO2. The van der Waals surface area contributed by atoms with Crippen molar-refractivity contribution in [2.45, 2.75) is 0 Å². The van der Waals surface area contributed by atoms with Gasteiger partial charge >= 0.3 is 0 Å². The fraction of sp³-hybridized carbons (Fsp3) is 0.231. The van der Waals surface area contributed by atoms with E-state index in [1.165, 1.54) is 7.11 Å². The van der Waals surface area contributed by atoms with Crippen molar-refractivity contribution in [3.63, 3.8) is 0 Å². The van der Waals surface area contributed by atoms with Crippen LogP contribution < -0.4 is 10.1 Å². The van der Waals surface area contributed by atoms with Gasteiger partial charge in [-0.2, -0.15) is 0 Å². The van der Waals surface area contributed by atoms with E-state index >= 15 is 0 Å². The van der Waals surface area contributed by atoms with Crippen molar-refractivity contribution in [2.24, 2.45) is 0 Å². The molecular weight excluding hydrogens is 202 g/mol. The maximum absolute atomic E-state index is 9.39. The topological polar surface area (TPSA) is 41.5 Å². The molecule has 1 aromatic carbocycles. The van der Waals surface area contributed by atoms with Crippen LogP contribution in [0.2, 0.25) is 0 Å². The van der Waals surface area contributed by atoms with Gasteiger partial charge in [0.25, 0.3) is 0 Å². The first-order valence-corrected chi connectivity index (χ1v) is 4.95. The van der Waals surface area contributed by atoms with Crippen molar-refractivity contribution < 1.29 is 9.84 Å². The second-order valence-electron chi connectivity index (χ2n) is 3.17. The third kappa shape index (κ3) is 3.68. The van der Waals surface area contributed by atoms with E-state index < -0.39 is 0 Å². The number of methoxy groups -OCH3 is 1. The zero-order chi connectivity index (χ0) is 11.8. The predicted octanol–water partition coefficient (Wildman–Crippen LogP) is 1.64. The van der Waals surface area contributed by atoms with Crippen molar-refractivity contribution in [1.29, 1.82) is 0 Å². The number of nitrogens with one attached hydrogen (secondary N) is 1. The van der Waals surface area contributed by atoms with Crippen LogP contribution in [0.3, 0.4) is 0 Å². The molecule has 1 rings (SSSR count). The number of aromatic hydroxyl groups is 1. The summed E-state index contributed by atoms with van der Waals surface area (Å²) in [7, 11) is 1.52. The largest absolute Gasteiger partial charge is 0.504 e. The molecule has 0 fully saturated rings. The molecule has 16 heavy (non-hydrogen) atoms. The van der Waals surface area contributed by atoms with Gasteiger partial charge in [0.15, 0.2) is 11.5 Å². The Morgan fingerprint density at radius 1 is 1.56 bits per heavy atom. The van der Waals surface area contributed by atoms with E-state index in [0.717, 1.165) is 5.56 Å². The molecule has 0 aliphatic rings. The van der Waals surface area contributed by atoms with Crippen LogP contribution in [0.5, 0.6) is 11.5 Å². The molecule has 3 nitrogen and oxygen atoms in total. The van der Waals surface area contributed by atoms with E-state index in [1.807, 2.05) is 18.2 Å². The standard InChI is InChI=1S/C13H15NO2/c1-3-8-14-9-4-5-11-6-7-12(15)13(10-11)16-2/h1,4-7,10,14-15H,8-9H2,2H3/b5-4+. The number of hydrogen-bond acceptors (Lipinski definition) is 3. The molecule has 0 amide bonds. The van der Waals surface area contributed by atoms with Crippen molar-refractivity contribution in [3.05, 3.63) is 29.8 Å². The Morgan fingerprint density at radius 2 is 2.38 bits per heavy atom. The Balaban J connectivity index is 2.57. The van der Waals surface area contributed by atoms with Gasteiger partial charge in [0.05, 0.1) is 13.7 Å². The maximum Gasteiger partial charge on any atom is 0.161 e. The molecule has 2 N–H and O–H groups in total. The Morgan fingerprint density at radius 3 is 3.06 bits per heavy atom.